The van der Waals surface area contributed by atoms with Crippen LogP contribution < -0.4 is 5.32 Å². The molecule has 2 rings (SSSR count). The number of aromatic nitrogens is 2. The van der Waals surface area contributed by atoms with Gasteiger partial charge in [-0.1, -0.05) is 6.92 Å². The van der Waals surface area contributed by atoms with E-state index in [1.165, 1.54) is 0 Å². The molecule has 20 heavy (non-hydrogen) atoms. The molecule has 6 nitrogen and oxygen atoms in total. The highest BCUT2D eigenvalue weighted by molar-refractivity contribution is 5.99. The number of hydrogen-bond donors (Lipinski definition) is 1. The molecule has 0 spiro atoms. The maximum atomic E-state index is 12.4. The fraction of sp³-hybridized carbons (Fsp3) is 0.643. The van der Waals surface area contributed by atoms with Gasteiger partial charge in [0.25, 0.3) is 0 Å². The molecule has 0 bridgehead atoms. The van der Waals surface area contributed by atoms with Gasteiger partial charge in [0.1, 0.15) is 17.4 Å². The van der Waals surface area contributed by atoms with Crippen molar-refractivity contribution in [2.45, 2.75) is 52.2 Å². The fourth-order valence-corrected chi connectivity index (χ4v) is 2.50. The average Bonchev–Trinajstić information content (AvgIpc) is 2.79. The van der Waals surface area contributed by atoms with Crippen molar-refractivity contribution in [3.63, 3.8) is 0 Å². The van der Waals surface area contributed by atoms with Crippen molar-refractivity contribution in [3.05, 3.63) is 18.2 Å². The molecule has 1 aliphatic heterocycles. The Bertz CT molecular complexity index is 521. The third-order valence-electron chi connectivity index (χ3n) is 4.00. The van der Waals surface area contributed by atoms with Crippen LogP contribution in [0.25, 0.3) is 0 Å². The molecule has 6 heteroatoms. The molecule has 1 aromatic heterocycles. The smallest absolute Gasteiger partial charge is 0.246 e. The second kappa shape index (κ2) is 5.26. The van der Waals surface area contributed by atoms with Gasteiger partial charge in [-0.2, -0.15) is 0 Å². The van der Waals surface area contributed by atoms with E-state index in [1.54, 1.807) is 24.9 Å². The molecule has 0 aliphatic carbocycles. The first-order chi connectivity index (χ1) is 9.37. The van der Waals surface area contributed by atoms with Crippen molar-refractivity contribution in [2.24, 2.45) is 0 Å². The summed E-state index contributed by atoms with van der Waals surface area (Å²) in [6, 6.07) is -0.403. The van der Waals surface area contributed by atoms with E-state index in [-0.39, 0.29) is 11.8 Å². The molecule has 2 heterocycles. The van der Waals surface area contributed by atoms with E-state index >= 15 is 0 Å². The molecule has 0 saturated carbocycles. The van der Waals surface area contributed by atoms with E-state index in [0.717, 1.165) is 5.82 Å². The van der Waals surface area contributed by atoms with Gasteiger partial charge in [0, 0.05) is 25.5 Å². The van der Waals surface area contributed by atoms with E-state index < -0.39 is 11.6 Å². The lowest BCUT2D eigenvalue weighted by atomic mass is 9.95. The van der Waals surface area contributed by atoms with Crippen molar-refractivity contribution in [1.29, 1.82) is 0 Å². The summed E-state index contributed by atoms with van der Waals surface area (Å²) in [4.78, 5) is 30.4. The molecule has 1 unspecified atom stereocenters. The Kier molecular flexibility index (Phi) is 3.83. The van der Waals surface area contributed by atoms with Crippen LogP contribution >= 0.6 is 0 Å². The minimum absolute atomic E-state index is 0.00475. The summed E-state index contributed by atoms with van der Waals surface area (Å²) in [5.41, 5.74) is -0.808. The second-order valence-electron chi connectivity index (χ2n) is 5.65. The maximum absolute atomic E-state index is 12.4. The van der Waals surface area contributed by atoms with Crippen LogP contribution in [0, 0.1) is 6.92 Å². The maximum Gasteiger partial charge on any atom is 0.246 e. The lowest BCUT2D eigenvalue weighted by molar-refractivity contribution is -0.155. The molecule has 1 atom stereocenters. The molecule has 1 N–H and O–H groups in total. The monoisotopic (exact) mass is 278 g/mol. The third-order valence-corrected chi connectivity index (χ3v) is 4.00. The van der Waals surface area contributed by atoms with Crippen molar-refractivity contribution in [3.8, 4) is 0 Å². The summed E-state index contributed by atoms with van der Waals surface area (Å²) >= 11 is 0. The number of piperazine rings is 1. The highest BCUT2D eigenvalue weighted by atomic mass is 16.2. The Morgan fingerprint density at radius 2 is 2.05 bits per heavy atom. The van der Waals surface area contributed by atoms with Crippen LogP contribution in [0.1, 0.15) is 33.0 Å². The first kappa shape index (κ1) is 14.6. The Hall–Kier alpha value is -1.85. The van der Waals surface area contributed by atoms with Crippen molar-refractivity contribution in [2.75, 3.05) is 6.54 Å². The quantitative estimate of drug-likeness (QED) is 0.882. The number of amides is 2. The molecule has 110 valence electrons. The Balaban J connectivity index is 2.15. The van der Waals surface area contributed by atoms with Gasteiger partial charge in [0.05, 0.1) is 0 Å². The van der Waals surface area contributed by atoms with E-state index in [4.69, 9.17) is 0 Å². The molecular formula is C14H22N4O2. The zero-order valence-corrected chi connectivity index (χ0v) is 12.5. The normalized spacial score (nSPS) is 22.0. The highest BCUT2D eigenvalue weighted by Crippen LogP contribution is 2.22. The van der Waals surface area contributed by atoms with Gasteiger partial charge in [-0.05, 0) is 27.2 Å². The van der Waals surface area contributed by atoms with Gasteiger partial charge in [-0.3, -0.25) is 9.59 Å². The summed E-state index contributed by atoms with van der Waals surface area (Å²) in [5.74, 6) is 0.810. The van der Waals surface area contributed by atoms with Crippen LogP contribution in [0.15, 0.2) is 12.4 Å². The molecule has 0 radical (unpaired) electrons. The lowest BCUT2D eigenvalue weighted by Gasteiger charge is -2.44. The van der Waals surface area contributed by atoms with Crippen LogP contribution in [0.2, 0.25) is 0 Å². The van der Waals surface area contributed by atoms with Gasteiger partial charge < -0.3 is 14.8 Å². The predicted octanol–water partition coefficient (Wildman–Crippen LogP) is 0.707. The van der Waals surface area contributed by atoms with Crippen LogP contribution in [-0.2, 0) is 16.1 Å². The summed E-state index contributed by atoms with van der Waals surface area (Å²) in [6.07, 6.45) is 4.23. The van der Waals surface area contributed by atoms with E-state index in [2.05, 4.69) is 10.3 Å². The minimum Gasteiger partial charge on any atom is -0.342 e. The molecule has 1 saturated heterocycles. The molecular weight excluding hydrogens is 256 g/mol. The number of hydrogen-bond acceptors (Lipinski definition) is 3. The Labute approximate surface area is 119 Å². The number of nitrogens with one attached hydrogen (secondary N) is 1. The zero-order chi connectivity index (χ0) is 14.9. The summed E-state index contributed by atoms with van der Waals surface area (Å²) < 4.78 is 1.98. The van der Waals surface area contributed by atoms with Gasteiger partial charge in [-0.15, -0.1) is 0 Å². The molecule has 1 aromatic rings. The molecule has 1 fully saturated rings. The standard InChI is InChI=1S/C14H22N4O2/c1-5-11-12(19)18(14(3,4)13(20)16-11)9-8-17-7-6-15-10(17)2/h6-7,11H,5,8-9H2,1-4H3,(H,16,20). The van der Waals surface area contributed by atoms with Crippen molar-refractivity contribution >= 4 is 11.8 Å². The number of aryl methyl sites for hydroxylation is 1. The summed E-state index contributed by atoms with van der Waals surface area (Å²) in [7, 11) is 0. The fourth-order valence-electron chi connectivity index (χ4n) is 2.50. The SMILES string of the molecule is CCC1NC(=O)C(C)(C)N(CCn2ccnc2C)C1=O. The Morgan fingerprint density at radius 3 is 2.60 bits per heavy atom. The molecule has 2 amide bonds. The van der Waals surface area contributed by atoms with Crippen LogP contribution in [0.3, 0.4) is 0 Å². The summed E-state index contributed by atoms with van der Waals surface area (Å²) in [5, 5.41) is 2.79. The first-order valence-corrected chi connectivity index (χ1v) is 6.98. The van der Waals surface area contributed by atoms with E-state index in [0.29, 0.717) is 19.5 Å². The summed E-state index contributed by atoms with van der Waals surface area (Å²) in [6.45, 7) is 8.54. The highest BCUT2D eigenvalue weighted by Gasteiger charge is 2.45. The van der Waals surface area contributed by atoms with Crippen LogP contribution in [0.4, 0.5) is 0 Å². The van der Waals surface area contributed by atoms with E-state index in [9.17, 15) is 9.59 Å². The second-order valence-corrected chi connectivity index (χ2v) is 5.65. The zero-order valence-electron chi connectivity index (χ0n) is 12.5. The van der Waals surface area contributed by atoms with E-state index in [1.807, 2.05) is 24.6 Å². The first-order valence-electron chi connectivity index (χ1n) is 6.98. The number of carbonyl (C=O) groups excluding carboxylic acids is 2. The third kappa shape index (κ3) is 2.42. The number of imidazole rings is 1. The minimum atomic E-state index is -0.808. The van der Waals surface area contributed by atoms with Crippen LogP contribution in [-0.4, -0.2) is 44.4 Å². The lowest BCUT2D eigenvalue weighted by Crippen LogP contribution is -2.68. The van der Waals surface area contributed by atoms with Crippen molar-refractivity contribution < 1.29 is 9.59 Å². The Morgan fingerprint density at radius 1 is 1.35 bits per heavy atom. The molecule has 0 aromatic carbocycles. The van der Waals surface area contributed by atoms with Gasteiger partial charge >= 0.3 is 0 Å². The number of rotatable bonds is 4. The topological polar surface area (TPSA) is 67.2 Å². The predicted molar refractivity (Wildman–Crippen MR) is 75.0 cm³/mol. The number of nitrogens with zero attached hydrogens (tertiary/aromatic N) is 3. The van der Waals surface area contributed by atoms with Gasteiger partial charge in [0.2, 0.25) is 11.8 Å². The van der Waals surface area contributed by atoms with Crippen molar-refractivity contribution in [1.82, 2.24) is 19.8 Å². The van der Waals surface area contributed by atoms with Gasteiger partial charge in [0.15, 0.2) is 0 Å². The van der Waals surface area contributed by atoms with Crippen LogP contribution in [0.5, 0.6) is 0 Å². The molecule has 1 aliphatic rings. The van der Waals surface area contributed by atoms with Gasteiger partial charge in [-0.25, -0.2) is 4.98 Å². The average molecular weight is 278 g/mol. The largest absolute Gasteiger partial charge is 0.342 e. The number of carbonyl (C=O) groups is 2.